The Labute approximate surface area is 138 Å². The van der Waals surface area contributed by atoms with Gasteiger partial charge in [0.2, 0.25) is 0 Å². The van der Waals surface area contributed by atoms with Crippen molar-refractivity contribution in [2.24, 2.45) is 23.7 Å². The lowest BCUT2D eigenvalue weighted by Gasteiger charge is -2.29. The lowest BCUT2D eigenvalue weighted by molar-refractivity contribution is -0.141. The van der Waals surface area contributed by atoms with E-state index in [1.54, 1.807) is 30.3 Å². The molecule has 1 saturated carbocycles. The van der Waals surface area contributed by atoms with Crippen LogP contribution in [-0.4, -0.2) is 23.9 Å². The van der Waals surface area contributed by atoms with Gasteiger partial charge in [-0.25, -0.2) is 0 Å². The molecule has 22 heavy (non-hydrogen) atoms. The van der Waals surface area contributed by atoms with Gasteiger partial charge in [0.25, 0.3) is 11.8 Å². The molecule has 1 heterocycles. The van der Waals surface area contributed by atoms with Crippen molar-refractivity contribution in [2.75, 3.05) is 12.1 Å². The average Bonchev–Trinajstić information content (AvgIpc) is 3.16. The van der Waals surface area contributed by atoms with Crippen LogP contribution in [0.3, 0.4) is 0 Å². The zero-order valence-electron chi connectivity index (χ0n) is 11.9. The van der Waals surface area contributed by atoms with E-state index < -0.39 is 0 Å². The number of hydrazine groups is 1. The number of hydrogen-bond acceptors (Lipinski definition) is 3. The van der Waals surface area contributed by atoms with Crippen LogP contribution in [0.25, 0.3) is 0 Å². The summed E-state index contributed by atoms with van der Waals surface area (Å²) in [7, 11) is 1.70. The summed E-state index contributed by atoms with van der Waals surface area (Å²) in [5.74, 6) is -0.210. The van der Waals surface area contributed by atoms with Gasteiger partial charge in [0.15, 0.2) is 0 Å². The third-order valence-electron chi connectivity index (χ3n) is 5.02. The molecule has 0 spiro atoms. The number of nitrogens with zero attached hydrogens (tertiary/aromatic N) is 2. The third kappa shape index (κ3) is 1.77. The number of allylic oxidation sites excluding steroid dienone is 2. The van der Waals surface area contributed by atoms with Crippen LogP contribution >= 0.6 is 23.2 Å². The number of halogens is 2. The van der Waals surface area contributed by atoms with Crippen molar-refractivity contribution in [3.63, 3.8) is 0 Å². The molecule has 2 aliphatic carbocycles. The van der Waals surface area contributed by atoms with E-state index >= 15 is 0 Å². The zero-order chi connectivity index (χ0) is 15.6. The first-order valence-corrected chi connectivity index (χ1v) is 7.99. The molecule has 6 heteroatoms. The van der Waals surface area contributed by atoms with Crippen LogP contribution in [0.5, 0.6) is 0 Å². The summed E-state index contributed by atoms with van der Waals surface area (Å²) in [6.07, 6.45) is 5.09. The Morgan fingerprint density at radius 2 is 1.64 bits per heavy atom. The van der Waals surface area contributed by atoms with Crippen molar-refractivity contribution in [1.82, 2.24) is 5.01 Å². The van der Waals surface area contributed by atoms with Gasteiger partial charge in [0, 0.05) is 7.05 Å². The Balaban J connectivity index is 1.67. The number of imide groups is 1. The lowest BCUT2D eigenvalue weighted by Crippen LogP contribution is -2.45. The molecule has 114 valence electrons. The van der Waals surface area contributed by atoms with E-state index in [4.69, 9.17) is 23.2 Å². The molecular formula is C16H14Cl2N2O2. The molecule has 1 saturated heterocycles. The third-order valence-corrected chi connectivity index (χ3v) is 5.76. The van der Waals surface area contributed by atoms with Gasteiger partial charge in [-0.2, -0.15) is 5.01 Å². The van der Waals surface area contributed by atoms with E-state index in [0.717, 1.165) is 6.42 Å². The van der Waals surface area contributed by atoms with Crippen LogP contribution < -0.4 is 5.01 Å². The highest BCUT2D eigenvalue weighted by Crippen LogP contribution is 2.52. The number of carbonyl (C=O) groups excluding carboxylic acids is 2. The fourth-order valence-electron chi connectivity index (χ4n) is 3.98. The Bertz CT molecular complexity index is 688. The normalized spacial score (nSPS) is 32.0. The Hall–Kier alpha value is -1.52. The molecular weight excluding hydrogens is 323 g/mol. The monoisotopic (exact) mass is 336 g/mol. The van der Waals surface area contributed by atoms with Crippen LogP contribution in [0.15, 0.2) is 30.4 Å². The average molecular weight is 337 g/mol. The van der Waals surface area contributed by atoms with Crippen LogP contribution in [-0.2, 0) is 9.59 Å². The molecule has 1 aliphatic heterocycles. The maximum absolute atomic E-state index is 12.7. The Morgan fingerprint density at radius 1 is 1.05 bits per heavy atom. The van der Waals surface area contributed by atoms with Crippen LogP contribution in [0.4, 0.5) is 5.69 Å². The van der Waals surface area contributed by atoms with E-state index in [-0.39, 0.29) is 35.5 Å². The SMILES string of the molecule is CN(c1ccc(Cl)c(Cl)c1)N1C(=O)[C@@H]2[C@H](C1=O)[C@@H]1C=C[C@H]2C1. The van der Waals surface area contributed by atoms with Gasteiger partial charge in [-0.15, -0.1) is 0 Å². The molecule has 0 radical (unpaired) electrons. The van der Waals surface area contributed by atoms with Gasteiger partial charge in [0.1, 0.15) is 0 Å². The number of rotatable bonds is 2. The topological polar surface area (TPSA) is 40.6 Å². The first kappa shape index (κ1) is 14.1. The number of fused-ring (bicyclic) bond motifs is 5. The van der Waals surface area contributed by atoms with Crippen LogP contribution in [0, 0.1) is 23.7 Å². The number of anilines is 1. The summed E-state index contributed by atoms with van der Waals surface area (Å²) in [5, 5.41) is 3.68. The largest absolute Gasteiger partial charge is 0.279 e. The van der Waals surface area contributed by atoms with E-state index in [2.05, 4.69) is 12.2 Å². The second-order valence-corrected chi connectivity index (χ2v) is 6.92. The van der Waals surface area contributed by atoms with Crippen molar-refractivity contribution in [3.8, 4) is 0 Å². The van der Waals surface area contributed by atoms with E-state index in [1.165, 1.54) is 5.01 Å². The zero-order valence-corrected chi connectivity index (χ0v) is 13.4. The number of hydrogen-bond donors (Lipinski definition) is 0. The van der Waals surface area contributed by atoms with Crippen LogP contribution in [0.1, 0.15) is 6.42 Å². The predicted molar refractivity (Wildman–Crippen MR) is 84.4 cm³/mol. The van der Waals surface area contributed by atoms with E-state index in [1.807, 2.05) is 0 Å². The van der Waals surface area contributed by atoms with Crippen molar-refractivity contribution in [1.29, 1.82) is 0 Å². The van der Waals surface area contributed by atoms with Gasteiger partial charge in [-0.1, -0.05) is 35.4 Å². The van der Waals surface area contributed by atoms with Gasteiger partial charge < -0.3 is 0 Å². The number of benzene rings is 1. The number of carbonyl (C=O) groups is 2. The van der Waals surface area contributed by atoms with Gasteiger partial charge in [-0.05, 0) is 36.5 Å². The highest BCUT2D eigenvalue weighted by molar-refractivity contribution is 6.42. The Kier molecular flexibility index (Phi) is 3.03. The van der Waals surface area contributed by atoms with E-state index in [0.29, 0.717) is 15.7 Å². The molecule has 0 unspecified atom stereocenters. The maximum Gasteiger partial charge on any atom is 0.252 e. The summed E-state index contributed by atoms with van der Waals surface area (Å²) in [4.78, 5) is 25.4. The molecule has 1 aromatic carbocycles. The maximum atomic E-state index is 12.7. The van der Waals surface area contributed by atoms with Crippen molar-refractivity contribution < 1.29 is 9.59 Å². The summed E-state index contributed by atoms with van der Waals surface area (Å²) in [6.45, 7) is 0. The first-order chi connectivity index (χ1) is 10.5. The molecule has 4 rings (SSSR count). The van der Waals surface area contributed by atoms with Crippen molar-refractivity contribution in [2.45, 2.75) is 6.42 Å². The molecule has 0 aromatic heterocycles. The highest BCUT2D eigenvalue weighted by atomic mass is 35.5. The minimum atomic E-state index is -0.201. The number of amides is 2. The van der Waals surface area contributed by atoms with Crippen LogP contribution in [0.2, 0.25) is 10.0 Å². The summed E-state index contributed by atoms with van der Waals surface area (Å²) in [5.41, 5.74) is 0.663. The second kappa shape index (κ2) is 4.74. The van der Waals surface area contributed by atoms with Crippen molar-refractivity contribution in [3.05, 3.63) is 40.4 Å². The standard InChI is InChI=1S/C16H14Cl2N2O2/c1-19(10-4-5-11(17)12(18)7-10)20-15(21)13-8-2-3-9(6-8)14(13)16(20)22/h2-5,7-9,13-14H,6H2,1H3/t8-,9+,13-,14+. The van der Waals surface area contributed by atoms with Gasteiger partial charge in [-0.3, -0.25) is 14.6 Å². The molecule has 4 nitrogen and oxygen atoms in total. The molecule has 2 bridgehead atoms. The van der Waals surface area contributed by atoms with Gasteiger partial charge >= 0.3 is 0 Å². The molecule has 1 aromatic rings. The molecule has 3 aliphatic rings. The molecule has 2 amide bonds. The first-order valence-electron chi connectivity index (χ1n) is 7.24. The highest BCUT2D eigenvalue weighted by Gasteiger charge is 2.60. The fourth-order valence-corrected chi connectivity index (χ4v) is 4.28. The van der Waals surface area contributed by atoms with Crippen molar-refractivity contribution >= 4 is 40.7 Å². The minimum absolute atomic E-state index is 0.111. The lowest BCUT2D eigenvalue weighted by atomic mass is 9.85. The minimum Gasteiger partial charge on any atom is -0.279 e. The fraction of sp³-hybridized carbons (Fsp3) is 0.375. The smallest absolute Gasteiger partial charge is 0.252 e. The summed E-state index contributed by atoms with van der Waals surface area (Å²) >= 11 is 12.0. The summed E-state index contributed by atoms with van der Waals surface area (Å²) in [6, 6.07) is 5.06. The second-order valence-electron chi connectivity index (χ2n) is 6.11. The molecule has 2 fully saturated rings. The molecule has 4 atom stereocenters. The van der Waals surface area contributed by atoms with E-state index in [9.17, 15) is 9.59 Å². The predicted octanol–water partition coefficient (Wildman–Crippen LogP) is 3.15. The molecule has 0 N–H and O–H groups in total. The summed E-state index contributed by atoms with van der Waals surface area (Å²) < 4.78 is 0. The van der Waals surface area contributed by atoms with Gasteiger partial charge in [0.05, 0.1) is 27.6 Å². The Morgan fingerprint density at radius 3 is 2.18 bits per heavy atom. The quantitative estimate of drug-likeness (QED) is 0.615.